The number of nitro benzene ring substituents is 1. The number of anilines is 1. The Morgan fingerprint density at radius 2 is 2.04 bits per heavy atom. The third kappa shape index (κ3) is 3.83. The number of nitro groups is 1. The topological polar surface area (TPSA) is 118 Å². The van der Waals surface area contributed by atoms with Crippen molar-refractivity contribution in [2.45, 2.75) is 13.0 Å². The second-order valence-electron chi connectivity index (χ2n) is 5.14. The van der Waals surface area contributed by atoms with Gasteiger partial charge in [0.05, 0.1) is 16.7 Å². The third-order valence-electron chi connectivity index (χ3n) is 3.38. The summed E-state index contributed by atoms with van der Waals surface area (Å²) < 4.78 is 0. The fraction of sp³-hybridized carbons (Fsp3) is 0.188. The van der Waals surface area contributed by atoms with Crippen molar-refractivity contribution < 1.29 is 14.8 Å². The van der Waals surface area contributed by atoms with E-state index in [1.165, 1.54) is 18.2 Å². The van der Waals surface area contributed by atoms with E-state index in [9.17, 15) is 20.0 Å². The molecule has 7 nitrogen and oxygen atoms in total. The fourth-order valence-corrected chi connectivity index (χ4v) is 2.23. The number of hydrogen-bond acceptors (Lipinski definition) is 5. The number of nitrogens with zero attached hydrogens (tertiary/aromatic N) is 1. The molecule has 120 valence electrons. The highest BCUT2D eigenvalue weighted by atomic mass is 16.6. The van der Waals surface area contributed by atoms with Gasteiger partial charge in [0.1, 0.15) is 5.56 Å². The van der Waals surface area contributed by atoms with Crippen molar-refractivity contribution in [3.8, 4) is 0 Å². The lowest BCUT2D eigenvalue weighted by Crippen LogP contribution is -2.29. The van der Waals surface area contributed by atoms with Crippen LogP contribution < -0.4 is 11.1 Å². The maximum absolute atomic E-state index is 12.2. The summed E-state index contributed by atoms with van der Waals surface area (Å²) >= 11 is 0. The first-order chi connectivity index (χ1) is 10.9. The molecule has 1 unspecified atom stereocenters. The van der Waals surface area contributed by atoms with Crippen LogP contribution in [0, 0.1) is 17.0 Å². The van der Waals surface area contributed by atoms with Crippen molar-refractivity contribution in [2.24, 2.45) is 0 Å². The van der Waals surface area contributed by atoms with E-state index in [-0.39, 0.29) is 23.5 Å². The van der Waals surface area contributed by atoms with Crippen LogP contribution in [0.4, 0.5) is 11.4 Å². The highest BCUT2D eigenvalue weighted by Crippen LogP contribution is 2.24. The van der Waals surface area contributed by atoms with Crippen LogP contribution in [0.3, 0.4) is 0 Å². The number of nitrogen functional groups attached to an aromatic ring is 1. The highest BCUT2D eigenvalue weighted by Gasteiger charge is 2.23. The molecule has 0 fully saturated rings. The zero-order valence-electron chi connectivity index (χ0n) is 12.5. The van der Waals surface area contributed by atoms with Gasteiger partial charge in [0, 0.05) is 12.6 Å². The predicted octanol–water partition coefficient (Wildman–Crippen LogP) is 1.95. The first-order valence-electron chi connectivity index (χ1n) is 6.96. The Hall–Kier alpha value is -2.93. The summed E-state index contributed by atoms with van der Waals surface area (Å²) in [7, 11) is 0. The van der Waals surface area contributed by atoms with Crippen molar-refractivity contribution in [3.05, 3.63) is 69.3 Å². The Labute approximate surface area is 132 Å². The van der Waals surface area contributed by atoms with Crippen LogP contribution in [0.25, 0.3) is 0 Å². The van der Waals surface area contributed by atoms with Crippen molar-refractivity contribution >= 4 is 17.3 Å². The number of aliphatic hydroxyl groups is 1. The quantitative estimate of drug-likeness (QED) is 0.442. The molecule has 2 aromatic carbocycles. The van der Waals surface area contributed by atoms with Gasteiger partial charge in [0.25, 0.3) is 11.6 Å². The fourth-order valence-electron chi connectivity index (χ4n) is 2.23. The minimum Gasteiger partial charge on any atom is -0.398 e. The number of nitrogens with one attached hydrogen (secondary N) is 1. The SMILES string of the molecule is Cc1cccc(C(O)CNC(=O)c2c(N)cccc2[N+](=O)[O-])c1. The van der Waals surface area contributed by atoms with E-state index in [1.807, 2.05) is 13.0 Å². The Balaban J connectivity index is 2.13. The van der Waals surface area contributed by atoms with Gasteiger partial charge in [-0.3, -0.25) is 14.9 Å². The summed E-state index contributed by atoms with van der Waals surface area (Å²) in [5.41, 5.74) is 6.75. The second kappa shape index (κ2) is 6.89. The van der Waals surface area contributed by atoms with Crippen LogP contribution in [0.5, 0.6) is 0 Å². The van der Waals surface area contributed by atoms with E-state index >= 15 is 0 Å². The van der Waals surface area contributed by atoms with Crippen molar-refractivity contribution in [2.75, 3.05) is 12.3 Å². The Morgan fingerprint density at radius 3 is 2.70 bits per heavy atom. The lowest BCUT2D eigenvalue weighted by atomic mass is 10.1. The van der Waals surface area contributed by atoms with Crippen molar-refractivity contribution in [3.63, 3.8) is 0 Å². The van der Waals surface area contributed by atoms with Crippen molar-refractivity contribution in [1.29, 1.82) is 0 Å². The molecule has 0 bridgehead atoms. The van der Waals surface area contributed by atoms with Crippen LogP contribution in [-0.4, -0.2) is 22.5 Å². The lowest BCUT2D eigenvalue weighted by molar-refractivity contribution is -0.385. The van der Waals surface area contributed by atoms with Gasteiger partial charge in [-0.2, -0.15) is 0 Å². The molecule has 2 rings (SSSR count). The molecule has 7 heteroatoms. The van der Waals surface area contributed by atoms with Gasteiger partial charge in [-0.05, 0) is 18.6 Å². The minimum absolute atomic E-state index is 0.0155. The van der Waals surface area contributed by atoms with E-state index in [4.69, 9.17) is 5.73 Å². The molecule has 0 heterocycles. The molecular formula is C16H17N3O4. The smallest absolute Gasteiger partial charge is 0.284 e. The molecule has 0 aliphatic carbocycles. The number of nitrogens with two attached hydrogens (primary N) is 1. The second-order valence-corrected chi connectivity index (χ2v) is 5.14. The van der Waals surface area contributed by atoms with E-state index in [1.54, 1.807) is 18.2 Å². The zero-order valence-corrected chi connectivity index (χ0v) is 12.5. The highest BCUT2D eigenvalue weighted by molar-refractivity contribution is 6.03. The molecular weight excluding hydrogens is 298 g/mol. The number of amides is 1. The number of aliphatic hydroxyl groups excluding tert-OH is 1. The summed E-state index contributed by atoms with van der Waals surface area (Å²) in [5.74, 6) is -0.693. The summed E-state index contributed by atoms with van der Waals surface area (Å²) in [5, 5.41) is 23.6. The molecule has 23 heavy (non-hydrogen) atoms. The van der Waals surface area contributed by atoms with Crippen LogP contribution in [0.15, 0.2) is 42.5 Å². The molecule has 4 N–H and O–H groups in total. The van der Waals surface area contributed by atoms with Crippen LogP contribution in [-0.2, 0) is 0 Å². The van der Waals surface area contributed by atoms with Gasteiger partial charge in [-0.15, -0.1) is 0 Å². The van der Waals surface area contributed by atoms with Crippen LogP contribution in [0.2, 0.25) is 0 Å². The molecule has 0 radical (unpaired) electrons. The average molecular weight is 315 g/mol. The number of carbonyl (C=O) groups excluding carboxylic acids is 1. The Bertz CT molecular complexity index is 746. The summed E-state index contributed by atoms with van der Waals surface area (Å²) in [6, 6.07) is 11.3. The third-order valence-corrected chi connectivity index (χ3v) is 3.38. The zero-order chi connectivity index (χ0) is 17.0. The minimum atomic E-state index is -0.914. The number of carbonyl (C=O) groups is 1. The largest absolute Gasteiger partial charge is 0.398 e. The van der Waals surface area contributed by atoms with Gasteiger partial charge >= 0.3 is 0 Å². The van der Waals surface area contributed by atoms with E-state index in [2.05, 4.69) is 5.32 Å². The van der Waals surface area contributed by atoms with Gasteiger partial charge in [-0.25, -0.2) is 0 Å². The molecule has 1 atom stereocenters. The molecule has 0 aliphatic heterocycles. The van der Waals surface area contributed by atoms with Crippen molar-refractivity contribution in [1.82, 2.24) is 5.32 Å². The Kier molecular flexibility index (Phi) is 4.92. The maximum atomic E-state index is 12.2. The maximum Gasteiger partial charge on any atom is 0.284 e. The standard InChI is InChI=1S/C16H17N3O4/c1-10-4-2-5-11(8-10)14(20)9-18-16(21)15-12(17)6-3-7-13(15)19(22)23/h2-8,14,20H,9,17H2,1H3,(H,18,21). The normalized spacial score (nSPS) is 11.7. The number of aryl methyl sites for hydroxylation is 1. The molecule has 0 saturated carbocycles. The average Bonchev–Trinajstić information content (AvgIpc) is 2.51. The predicted molar refractivity (Wildman–Crippen MR) is 86.0 cm³/mol. The monoisotopic (exact) mass is 315 g/mol. The van der Waals surface area contributed by atoms with E-state index in [0.29, 0.717) is 5.56 Å². The molecule has 2 aromatic rings. The molecule has 1 amide bonds. The molecule has 0 spiro atoms. The van der Waals surface area contributed by atoms with Gasteiger partial charge in [-0.1, -0.05) is 35.9 Å². The summed E-state index contributed by atoms with van der Waals surface area (Å²) in [6.07, 6.45) is -0.914. The summed E-state index contributed by atoms with van der Waals surface area (Å²) in [4.78, 5) is 22.5. The van der Waals surface area contributed by atoms with Gasteiger partial charge < -0.3 is 16.2 Å². The van der Waals surface area contributed by atoms with Gasteiger partial charge in [0.2, 0.25) is 0 Å². The number of hydrogen-bond donors (Lipinski definition) is 3. The molecule has 0 saturated heterocycles. The molecule has 0 aromatic heterocycles. The van der Waals surface area contributed by atoms with Gasteiger partial charge in [0.15, 0.2) is 0 Å². The van der Waals surface area contributed by atoms with E-state index in [0.717, 1.165) is 5.56 Å². The summed E-state index contributed by atoms with van der Waals surface area (Å²) in [6.45, 7) is 1.82. The lowest BCUT2D eigenvalue weighted by Gasteiger charge is -2.13. The first kappa shape index (κ1) is 16.4. The number of rotatable bonds is 5. The molecule has 0 aliphatic rings. The Morgan fingerprint density at radius 1 is 1.35 bits per heavy atom. The van der Waals surface area contributed by atoms with Crippen LogP contribution in [0.1, 0.15) is 27.6 Å². The number of benzene rings is 2. The van der Waals surface area contributed by atoms with Crippen LogP contribution >= 0.6 is 0 Å². The first-order valence-corrected chi connectivity index (χ1v) is 6.96. The van der Waals surface area contributed by atoms with E-state index < -0.39 is 16.9 Å².